The molecule has 0 aliphatic carbocycles. The fraction of sp³-hybridized carbons (Fsp3) is 0.300. The smallest absolute Gasteiger partial charge is 0.351 e. The second kappa shape index (κ2) is 2.72. The number of para-hydroxylation sites is 1. The largest absolute Gasteiger partial charge is 0.434 e. The van der Waals surface area contributed by atoms with Gasteiger partial charge in [-0.3, -0.25) is 4.90 Å². The van der Waals surface area contributed by atoms with Gasteiger partial charge in [-0.15, -0.1) is 5.48 Å². The van der Waals surface area contributed by atoms with Crippen molar-refractivity contribution in [2.45, 2.75) is 19.0 Å². The van der Waals surface area contributed by atoms with E-state index in [0.717, 1.165) is 18.5 Å². The number of carbonyl (C=O) groups excluding carboxylic acids is 1. The quantitative estimate of drug-likeness (QED) is 0.672. The van der Waals surface area contributed by atoms with E-state index in [1.165, 1.54) is 5.56 Å². The van der Waals surface area contributed by atoms with Crippen LogP contribution in [0.3, 0.4) is 0 Å². The zero-order valence-electron chi connectivity index (χ0n) is 7.56. The summed E-state index contributed by atoms with van der Waals surface area (Å²) in [6, 6.07) is 7.94. The van der Waals surface area contributed by atoms with Gasteiger partial charge in [-0.25, -0.2) is 4.79 Å². The normalized spacial score (nSPS) is 24.1. The number of fused-ring (bicyclic) bond motifs is 3. The average Bonchev–Trinajstić information content (AvgIpc) is 2.61. The Labute approximate surface area is 81.4 Å². The molecule has 4 nitrogen and oxygen atoms in total. The molecule has 1 fully saturated rings. The Morgan fingerprint density at radius 2 is 2.29 bits per heavy atom. The molecule has 72 valence electrons. The zero-order chi connectivity index (χ0) is 9.54. The molecule has 2 heterocycles. The molecule has 1 unspecified atom stereocenters. The lowest BCUT2D eigenvalue weighted by Gasteiger charge is -2.27. The molecule has 0 saturated carbocycles. The summed E-state index contributed by atoms with van der Waals surface area (Å²) < 4.78 is 0. The molecule has 1 aromatic carbocycles. The van der Waals surface area contributed by atoms with E-state index in [-0.39, 0.29) is 12.3 Å². The molecule has 1 saturated heterocycles. The van der Waals surface area contributed by atoms with Crippen LogP contribution < -0.4 is 10.4 Å². The molecule has 0 aromatic heterocycles. The van der Waals surface area contributed by atoms with Crippen molar-refractivity contribution in [1.82, 2.24) is 5.48 Å². The molecule has 3 rings (SSSR count). The highest BCUT2D eigenvalue weighted by molar-refractivity contribution is 5.91. The molecular formula is C10H10N2O2. The van der Waals surface area contributed by atoms with Crippen molar-refractivity contribution in [3.63, 3.8) is 0 Å². The summed E-state index contributed by atoms with van der Waals surface area (Å²) in [6.45, 7) is 0. The maximum absolute atomic E-state index is 11.4. The first-order valence-corrected chi connectivity index (χ1v) is 4.70. The summed E-state index contributed by atoms with van der Waals surface area (Å²) in [7, 11) is 0. The molecule has 14 heavy (non-hydrogen) atoms. The molecular weight excluding hydrogens is 180 g/mol. The van der Waals surface area contributed by atoms with E-state index >= 15 is 0 Å². The van der Waals surface area contributed by atoms with Gasteiger partial charge in [-0.2, -0.15) is 0 Å². The summed E-state index contributed by atoms with van der Waals surface area (Å²) in [5.41, 5.74) is 4.91. The van der Waals surface area contributed by atoms with Gasteiger partial charge in [0.05, 0.1) is 5.69 Å². The van der Waals surface area contributed by atoms with Crippen LogP contribution in [-0.2, 0) is 11.3 Å². The van der Waals surface area contributed by atoms with Gasteiger partial charge in [0, 0.05) is 0 Å². The van der Waals surface area contributed by atoms with Crippen LogP contribution in [0.5, 0.6) is 0 Å². The third kappa shape index (κ3) is 0.943. The van der Waals surface area contributed by atoms with Crippen LogP contribution in [0, 0.1) is 0 Å². The first-order valence-electron chi connectivity index (χ1n) is 4.70. The Kier molecular flexibility index (Phi) is 1.52. The van der Waals surface area contributed by atoms with E-state index in [1.54, 1.807) is 4.90 Å². The Hall–Kier alpha value is -1.55. The predicted molar refractivity (Wildman–Crippen MR) is 50.6 cm³/mol. The first kappa shape index (κ1) is 7.82. The van der Waals surface area contributed by atoms with Crippen molar-refractivity contribution in [2.75, 3.05) is 4.90 Å². The van der Waals surface area contributed by atoms with Crippen LogP contribution in [0.2, 0.25) is 0 Å². The van der Waals surface area contributed by atoms with Gasteiger partial charge in [0.15, 0.2) is 0 Å². The third-order valence-corrected chi connectivity index (χ3v) is 2.73. The molecule has 2 aliphatic heterocycles. The van der Waals surface area contributed by atoms with Gasteiger partial charge in [-0.1, -0.05) is 18.2 Å². The lowest BCUT2D eigenvalue weighted by atomic mass is 10.0. The van der Waals surface area contributed by atoms with Crippen LogP contribution in [0.1, 0.15) is 12.0 Å². The van der Waals surface area contributed by atoms with E-state index in [4.69, 9.17) is 4.84 Å². The number of hydrogen-bond acceptors (Lipinski definition) is 3. The molecule has 1 amide bonds. The number of hydroxylamine groups is 1. The van der Waals surface area contributed by atoms with Crippen LogP contribution >= 0.6 is 0 Å². The molecule has 1 N–H and O–H groups in total. The predicted octanol–water partition coefficient (Wildman–Crippen LogP) is 1.42. The van der Waals surface area contributed by atoms with Crippen molar-refractivity contribution >= 4 is 11.8 Å². The maximum Gasteiger partial charge on any atom is 0.434 e. The van der Waals surface area contributed by atoms with Gasteiger partial charge in [0.2, 0.25) is 0 Å². The topological polar surface area (TPSA) is 41.6 Å². The number of rotatable bonds is 0. The Morgan fingerprint density at radius 3 is 3.21 bits per heavy atom. The van der Waals surface area contributed by atoms with E-state index < -0.39 is 0 Å². The molecule has 0 bridgehead atoms. The van der Waals surface area contributed by atoms with Crippen molar-refractivity contribution in [3.05, 3.63) is 29.8 Å². The molecule has 0 spiro atoms. The molecule has 4 heteroatoms. The number of carbonyl (C=O) groups is 1. The van der Waals surface area contributed by atoms with Crippen molar-refractivity contribution in [2.24, 2.45) is 0 Å². The lowest BCUT2D eigenvalue weighted by molar-refractivity contribution is 0.120. The van der Waals surface area contributed by atoms with Gasteiger partial charge < -0.3 is 4.84 Å². The van der Waals surface area contributed by atoms with Gasteiger partial charge >= 0.3 is 6.09 Å². The minimum absolute atomic E-state index is 0.0115. The molecule has 1 aromatic rings. The van der Waals surface area contributed by atoms with Crippen LogP contribution in [0.15, 0.2) is 24.3 Å². The summed E-state index contributed by atoms with van der Waals surface area (Å²) >= 11 is 0. The molecule has 0 radical (unpaired) electrons. The summed E-state index contributed by atoms with van der Waals surface area (Å²) in [5, 5.41) is 0. The molecule has 1 atom stereocenters. The van der Waals surface area contributed by atoms with Crippen molar-refractivity contribution < 1.29 is 9.63 Å². The number of anilines is 1. The van der Waals surface area contributed by atoms with Crippen LogP contribution in [-0.4, -0.2) is 12.3 Å². The number of nitrogens with one attached hydrogen (secondary N) is 1. The first-order chi connectivity index (χ1) is 6.86. The maximum atomic E-state index is 11.4. The standard InChI is InChI=1S/C10H10N2O2/c13-10-12-8-4-2-1-3-7(8)5-6-9(12)11-14-10/h1-4,9,11H,5-6H2. The number of aryl methyl sites for hydroxylation is 1. The highest BCUT2D eigenvalue weighted by Gasteiger charge is 2.37. The second-order valence-electron chi connectivity index (χ2n) is 3.54. The summed E-state index contributed by atoms with van der Waals surface area (Å²) in [6.07, 6.45) is 1.60. The number of hydrogen-bond donors (Lipinski definition) is 1. The fourth-order valence-electron chi connectivity index (χ4n) is 2.05. The van der Waals surface area contributed by atoms with Crippen LogP contribution in [0.25, 0.3) is 0 Å². The van der Waals surface area contributed by atoms with E-state index in [0.29, 0.717) is 0 Å². The molecule has 2 aliphatic rings. The highest BCUT2D eigenvalue weighted by Crippen LogP contribution is 2.32. The van der Waals surface area contributed by atoms with Crippen molar-refractivity contribution in [1.29, 1.82) is 0 Å². The number of benzene rings is 1. The SMILES string of the molecule is O=C1ONC2CCc3ccccc3N12. The number of nitrogens with zero attached hydrogens (tertiary/aromatic N) is 1. The van der Waals surface area contributed by atoms with Crippen molar-refractivity contribution in [3.8, 4) is 0 Å². The average molecular weight is 190 g/mol. The Balaban J connectivity index is 2.11. The van der Waals surface area contributed by atoms with E-state index in [2.05, 4.69) is 11.5 Å². The van der Waals surface area contributed by atoms with Gasteiger partial charge in [0.25, 0.3) is 0 Å². The van der Waals surface area contributed by atoms with E-state index in [1.807, 2.05) is 18.2 Å². The Bertz CT molecular complexity index is 391. The van der Waals surface area contributed by atoms with E-state index in [9.17, 15) is 4.79 Å². The minimum atomic E-state index is -0.304. The second-order valence-corrected chi connectivity index (χ2v) is 3.54. The third-order valence-electron chi connectivity index (χ3n) is 2.73. The van der Waals surface area contributed by atoms with Gasteiger partial charge in [0.1, 0.15) is 6.17 Å². The minimum Gasteiger partial charge on any atom is -0.351 e. The fourth-order valence-corrected chi connectivity index (χ4v) is 2.05. The Morgan fingerprint density at radius 1 is 1.43 bits per heavy atom. The van der Waals surface area contributed by atoms with Crippen LogP contribution in [0.4, 0.5) is 10.5 Å². The number of amides is 1. The van der Waals surface area contributed by atoms with Gasteiger partial charge in [-0.05, 0) is 24.5 Å². The zero-order valence-corrected chi connectivity index (χ0v) is 7.56. The summed E-state index contributed by atoms with van der Waals surface area (Å²) in [5.74, 6) is 0. The lowest BCUT2D eigenvalue weighted by Crippen LogP contribution is -2.40. The summed E-state index contributed by atoms with van der Waals surface area (Å²) in [4.78, 5) is 17.9. The monoisotopic (exact) mass is 190 g/mol. The highest BCUT2D eigenvalue weighted by atomic mass is 16.7.